The van der Waals surface area contributed by atoms with Crippen LogP contribution in [0.2, 0.25) is 5.02 Å². The number of hydrogen-bond donors (Lipinski definition) is 3. The Morgan fingerprint density at radius 3 is 2.85 bits per heavy atom. The fourth-order valence-corrected chi connectivity index (χ4v) is 3.46. The summed E-state index contributed by atoms with van der Waals surface area (Å²) in [5.74, 6) is -0.148. The number of halogens is 1. The standard InChI is InChI=1S/C20H20ClN3O2/c21-14-6-7-17-16(10-14)18(13-4-2-1-3-5-13)19(24-17)20(25)23-12-15-11-22-8-9-26-15/h1-7,10,15,22,24H,8-9,11-12H2,(H,23,25). The number of H-pyrrole nitrogens is 1. The Hall–Kier alpha value is -2.34. The molecule has 1 saturated heterocycles. The Morgan fingerprint density at radius 1 is 1.23 bits per heavy atom. The summed E-state index contributed by atoms with van der Waals surface area (Å²) in [5.41, 5.74) is 3.26. The maximum Gasteiger partial charge on any atom is 0.268 e. The van der Waals surface area contributed by atoms with Gasteiger partial charge >= 0.3 is 0 Å². The molecule has 0 aliphatic carbocycles. The van der Waals surface area contributed by atoms with Crippen LogP contribution in [0.3, 0.4) is 0 Å². The van der Waals surface area contributed by atoms with Gasteiger partial charge in [-0.25, -0.2) is 0 Å². The molecule has 6 heteroatoms. The van der Waals surface area contributed by atoms with Crippen LogP contribution in [0.1, 0.15) is 10.5 Å². The lowest BCUT2D eigenvalue weighted by atomic mass is 10.0. The van der Waals surface area contributed by atoms with Gasteiger partial charge in [-0.3, -0.25) is 4.79 Å². The molecule has 1 amide bonds. The van der Waals surface area contributed by atoms with Crippen molar-refractivity contribution in [3.8, 4) is 11.1 Å². The molecule has 134 valence electrons. The SMILES string of the molecule is O=C(NCC1CNCCO1)c1[nH]c2ccc(Cl)cc2c1-c1ccccc1. The topological polar surface area (TPSA) is 66.2 Å². The molecule has 1 fully saturated rings. The smallest absolute Gasteiger partial charge is 0.268 e. The van der Waals surface area contributed by atoms with Gasteiger partial charge in [0.1, 0.15) is 5.69 Å². The van der Waals surface area contributed by atoms with Crippen molar-refractivity contribution >= 4 is 28.4 Å². The minimum atomic E-state index is -0.148. The summed E-state index contributed by atoms with van der Waals surface area (Å²) < 4.78 is 5.65. The van der Waals surface area contributed by atoms with Gasteiger partial charge in [-0.2, -0.15) is 0 Å². The first-order chi connectivity index (χ1) is 12.7. The van der Waals surface area contributed by atoms with E-state index in [1.807, 2.05) is 48.5 Å². The Labute approximate surface area is 156 Å². The van der Waals surface area contributed by atoms with Crippen molar-refractivity contribution in [1.29, 1.82) is 0 Å². The summed E-state index contributed by atoms with van der Waals surface area (Å²) in [6.45, 7) is 2.73. The van der Waals surface area contributed by atoms with E-state index in [1.165, 1.54) is 0 Å². The van der Waals surface area contributed by atoms with Crippen LogP contribution in [0.5, 0.6) is 0 Å². The maximum atomic E-state index is 12.9. The van der Waals surface area contributed by atoms with Gasteiger partial charge in [-0.15, -0.1) is 0 Å². The van der Waals surface area contributed by atoms with Gasteiger partial charge in [0.2, 0.25) is 0 Å². The number of ether oxygens (including phenoxy) is 1. The molecule has 3 N–H and O–H groups in total. The van der Waals surface area contributed by atoms with Crippen LogP contribution in [0.25, 0.3) is 22.0 Å². The summed E-state index contributed by atoms with van der Waals surface area (Å²) in [4.78, 5) is 16.1. The van der Waals surface area contributed by atoms with Crippen molar-refractivity contribution < 1.29 is 9.53 Å². The van der Waals surface area contributed by atoms with E-state index in [2.05, 4.69) is 15.6 Å². The number of carbonyl (C=O) groups excluding carboxylic acids is 1. The fraction of sp³-hybridized carbons (Fsp3) is 0.250. The second-order valence-corrected chi connectivity index (χ2v) is 6.77. The summed E-state index contributed by atoms with van der Waals surface area (Å²) in [5, 5.41) is 7.83. The summed E-state index contributed by atoms with van der Waals surface area (Å²) in [7, 11) is 0. The van der Waals surface area contributed by atoms with Gasteiger partial charge in [-0.05, 0) is 23.8 Å². The van der Waals surface area contributed by atoms with E-state index < -0.39 is 0 Å². The number of nitrogens with one attached hydrogen (secondary N) is 3. The second kappa shape index (κ2) is 7.50. The number of benzene rings is 2. The molecule has 1 atom stereocenters. The van der Waals surface area contributed by atoms with Gasteiger partial charge in [0, 0.05) is 41.1 Å². The molecule has 0 bridgehead atoms. The van der Waals surface area contributed by atoms with Crippen molar-refractivity contribution in [3.63, 3.8) is 0 Å². The zero-order chi connectivity index (χ0) is 17.9. The third-order valence-corrected chi connectivity index (χ3v) is 4.78. The first kappa shape index (κ1) is 17.1. The molecule has 1 unspecified atom stereocenters. The number of morpholine rings is 1. The first-order valence-electron chi connectivity index (χ1n) is 8.69. The molecule has 3 aromatic rings. The molecule has 1 aliphatic heterocycles. The Morgan fingerprint density at radius 2 is 2.08 bits per heavy atom. The molecule has 0 spiro atoms. The Balaban J connectivity index is 1.68. The highest BCUT2D eigenvalue weighted by Gasteiger charge is 2.21. The average Bonchev–Trinajstić information content (AvgIpc) is 3.06. The second-order valence-electron chi connectivity index (χ2n) is 6.34. The van der Waals surface area contributed by atoms with E-state index in [0.717, 1.165) is 35.1 Å². The Kier molecular flexibility index (Phi) is 4.93. The zero-order valence-corrected chi connectivity index (χ0v) is 15.0. The minimum Gasteiger partial charge on any atom is -0.374 e. The maximum absolute atomic E-state index is 12.9. The normalized spacial score (nSPS) is 17.3. The molecule has 1 aliphatic rings. The summed E-state index contributed by atoms with van der Waals surface area (Å²) >= 11 is 6.19. The summed E-state index contributed by atoms with van der Waals surface area (Å²) in [6.07, 6.45) is -0.00769. The number of fused-ring (bicyclic) bond motifs is 1. The van der Waals surface area contributed by atoms with E-state index >= 15 is 0 Å². The monoisotopic (exact) mass is 369 g/mol. The van der Waals surface area contributed by atoms with Crippen molar-refractivity contribution in [2.45, 2.75) is 6.10 Å². The van der Waals surface area contributed by atoms with Gasteiger partial charge in [-0.1, -0.05) is 41.9 Å². The molecule has 26 heavy (non-hydrogen) atoms. The molecule has 2 heterocycles. The molecular formula is C20H20ClN3O2. The van der Waals surface area contributed by atoms with Crippen LogP contribution < -0.4 is 10.6 Å². The van der Waals surface area contributed by atoms with Crippen LogP contribution in [0.15, 0.2) is 48.5 Å². The van der Waals surface area contributed by atoms with E-state index in [0.29, 0.717) is 23.9 Å². The number of aromatic amines is 1. The van der Waals surface area contributed by atoms with Crippen LogP contribution in [-0.4, -0.2) is 43.2 Å². The molecule has 0 radical (unpaired) electrons. The largest absolute Gasteiger partial charge is 0.374 e. The van der Waals surface area contributed by atoms with Gasteiger partial charge < -0.3 is 20.4 Å². The fourth-order valence-electron chi connectivity index (χ4n) is 3.28. The number of hydrogen-bond acceptors (Lipinski definition) is 3. The third-order valence-electron chi connectivity index (χ3n) is 4.54. The summed E-state index contributed by atoms with van der Waals surface area (Å²) in [6, 6.07) is 15.5. The number of rotatable bonds is 4. The highest BCUT2D eigenvalue weighted by Crippen LogP contribution is 2.34. The molecule has 4 rings (SSSR count). The minimum absolute atomic E-state index is 0.00769. The predicted octanol–water partition coefficient (Wildman–Crippen LogP) is 3.21. The quantitative estimate of drug-likeness (QED) is 0.661. The van der Waals surface area contributed by atoms with Gasteiger partial charge in [0.05, 0.1) is 12.7 Å². The lowest BCUT2D eigenvalue weighted by Gasteiger charge is -2.23. The molecule has 5 nitrogen and oxygen atoms in total. The Bertz CT molecular complexity index is 917. The van der Waals surface area contributed by atoms with Crippen molar-refractivity contribution in [3.05, 3.63) is 59.2 Å². The van der Waals surface area contributed by atoms with E-state index in [9.17, 15) is 4.79 Å². The number of carbonyl (C=O) groups is 1. The number of amides is 1. The van der Waals surface area contributed by atoms with E-state index in [1.54, 1.807) is 0 Å². The van der Waals surface area contributed by atoms with Gasteiger partial charge in [0.25, 0.3) is 5.91 Å². The lowest BCUT2D eigenvalue weighted by Crippen LogP contribution is -2.45. The molecule has 2 aromatic carbocycles. The van der Waals surface area contributed by atoms with Crippen LogP contribution in [-0.2, 0) is 4.74 Å². The number of aromatic nitrogens is 1. The average molecular weight is 370 g/mol. The van der Waals surface area contributed by atoms with Crippen LogP contribution >= 0.6 is 11.6 Å². The zero-order valence-electron chi connectivity index (χ0n) is 14.2. The van der Waals surface area contributed by atoms with E-state index in [4.69, 9.17) is 16.3 Å². The first-order valence-corrected chi connectivity index (χ1v) is 9.07. The van der Waals surface area contributed by atoms with Crippen LogP contribution in [0, 0.1) is 0 Å². The van der Waals surface area contributed by atoms with Gasteiger partial charge in [0.15, 0.2) is 0 Å². The lowest BCUT2D eigenvalue weighted by molar-refractivity contribution is 0.0287. The highest BCUT2D eigenvalue weighted by molar-refractivity contribution is 6.31. The molecule has 1 aromatic heterocycles. The van der Waals surface area contributed by atoms with Crippen LogP contribution in [0.4, 0.5) is 0 Å². The highest BCUT2D eigenvalue weighted by atomic mass is 35.5. The molecule has 0 saturated carbocycles. The predicted molar refractivity (Wildman–Crippen MR) is 104 cm³/mol. The van der Waals surface area contributed by atoms with E-state index in [-0.39, 0.29) is 12.0 Å². The third kappa shape index (κ3) is 3.46. The molecular weight excluding hydrogens is 350 g/mol. The van der Waals surface area contributed by atoms with Crippen molar-refractivity contribution in [1.82, 2.24) is 15.6 Å². The van der Waals surface area contributed by atoms with Crippen molar-refractivity contribution in [2.24, 2.45) is 0 Å². The van der Waals surface area contributed by atoms with Crippen molar-refractivity contribution in [2.75, 3.05) is 26.2 Å².